The number of likely N-dealkylation sites (N-methyl/N-ethyl adjacent to an activating group) is 1. The number of hydrogen-bond acceptors (Lipinski definition) is 8. The first-order chi connectivity index (χ1) is 23.4. The Morgan fingerprint density at radius 3 is 2.23 bits per heavy atom. The van der Waals surface area contributed by atoms with Crippen molar-refractivity contribution in [3.63, 3.8) is 0 Å². The largest absolute Gasteiger partial charge is 0.460 e. The summed E-state index contributed by atoms with van der Waals surface area (Å²) >= 11 is 0. The van der Waals surface area contributed by atoms with Crippen LogP contribution in [0.3, 0.4) is 0 Å². The molecule has 0 aliphatic carbocycles. The number of rotatable bonds is 11. The van der Waals surface area contributed by atoms with Crippen LogP contribution in [0, 0.1) is 11.2 Å². The Balaban J connectivity index is 1.09. The van der Waals surface area contributed by atoms with E-state index in [0.29, 0.717) is 49.4 Å². The van der Waals surface area contributed by atoms with Crippen molar-refractivity contribution in [2.45, 2.75) is 26.0 Å². The molecular weight excluding hydrogens is 611 g/mol. The standard InChI is InChI=1S/C38H37FN4O5/c1-42(22-23-44)36(45)38(37(46)47-26-28-8-4-2-5-9-28)18-20-43(21-19-38)25-27-12-14-30(15-13-27)34-40-35(48-41-34)31-16-17-32(33(39)24-31)29-10-6-3-7-11-29/h2-17,24,44H,18-23,25-26H2,1H3. The van der Waals surface area contributed by atoms with E-state index in [2.05, 4.69) is 15.0 Å². The fourth-order valence-corrected chi connectivity index (χ4v) is 6.05. The summed E-state index contributed by atoms with van der Waals surface area (Å²) in [5.41, 5.74) is 3.13. The maximum atomic E-state index is 14.9. The van der Waals surface area contributed by atoms with Gasteiger partial charge in [0.25, 0.3) is 5.89 Å². The lowest BCUT2D eigenvalue weighted by Crippen LogP contribution is -2.54. The number of esters is 1. The van der Waals surface area contributed by atoms with Gasteiger partial charge < -0.3 is 19.3 Å². The van der Waals surface area contributed by atoms with Crippen molar-refractivity contribution in [1.82, 2.24) is 19.9 Å². The third-order valence-electron chi connectivity index (χ3n) is 8.85. The van der Waals surface area contributed by atoms with Crippen LogP contribution in [0.25, 0.3) is 34.0 Å². The van der Waals surface area contributed by atoms with Gasteiger partial charge >= 0.3 is 5.97 Å². The average Bonchev–Trinajstić information content (AvgIpc) is 3.62. The second-order valence-electron chi connectivity index (χ2n) is 12.1. The maximum absolute atomic E-state index is 14.9. The summed E-state index contributed by atoms with van der Waals surface area (Å²) in [5.74, 6) is -0.604. The molecule has 1 aliphatic rings. The van der Waals surface area contributed by atoms with Gasteiger partial charge in [0.05, 0.1) is 6.61 Å². The molecule has 0 unspecified atom stereocenters. The number of carbonyl (C=O) groups is 2. The summed E-state index contributed by atoms with van der Waals surface area (Å²) in [6.07, 6.45) is 0.623. The van der Waals surface area contributed by atoms with E-state index in [1.807, 2.05) is 84.9 Å². The summed E-state index contributed by atoms with van der Waals surface area (Å²) in [5, 5.41) is 13.5. The molecule has 0 saturated carbocycles. The van der Waals surface area contributed by atoms with Crippen LogP contribution in [0.1, 0.15) is 24.0 Å². The topological polar surface area (TPSA) is 109 Å². The van der Waals surface area contributed by atoms with Crippen LogP contribution in [0.15, 0.2) is 108 Å². The minimum atomic E-state index is -1.31. The summed E-state index contributed by atoms with van der Waals surface area (Å²) in [4.78, 5) is 35.1. The summed E-state index contributed by atoms with van der Waals surface area (Å²) < 4.78 is 26.1. The van der Waals surface area contributed by atoms with Gasteiger partial charge in [0.1, 0.15) is 17.8 Å². The van der Waals surface area contributed by atoms with Crippen LogP contribution in [0.4, 0.5) is 4.39 Å². The van der Waals surface area contributed by atoms with Gasteiger partial charge in [0, 0.05) is 49.9 Å². The zero-order chi connectivity index (χ0) is 33.5. The van der Waals surface area contributed by atoms with Crippen molar-refractivity contribution in [2.24, 2.45) is 5.41 Å². The van der Waals surface area contributed by atoms with E-state index < -0.39 is 11.4 Å². The Hall–Kier alpha value is -5.19. The summed E-state index contributed by atoms with van der Waals surface area (Å²) in [7, 11) is 1.60. The first-order valence-corrected chi connectivity index (χ1v) is 15.9. The number of benzene rings is 4. The van der Waals surface area contributed by atoms with Crippen LogP contribution in [0.5, 0.6) is 0 Å². The molecular formula is C38H37FN4O5. The molecule has 0 atom stereocenters. The van der Waals surface area contributed by atoms with E-state index in [1.54, 1.807) is 19.2 Å². The van der Waals surface area contributed by atoms with Gasteiger partial charge in [-0.3, -0.25) is 14.5 Å². The number of nitrogens with zero attached hydrogens (tertiary/aromatic N) is 4. The van der Waals surface area contributed by atoms with E-state index in [9.17, 15) is 19.1 Å². The van der Waals surface area contributed by atoms with Crippen LogP contribution >= 0.6 is 0 Å². The van der Waals surface area contributed by atoms with Gasteiger partial charge in [-0.15, -0.1) is 0 Å². The molecule has 1 aromatic heterocycles. The van der Waals surface area contributed by atoms with Crippen molar-refractivity contribution < 1.29 is 28.3 Å². The van der Waals surface area contributed by atoms with Crippen molar-refractivity contribution in [3.05, 3.63) is 120 Å². The molecule has 9 nitrogen and oxygen atoms in total. The van der Waals surface area contributed by atoms with E-state index in [4.69, 9.17) is 9.26 Å². The van der Waals surface area contributed by atoms with Crippen molar-refractivity contribution in [3.8, 4) is 34.0 Å². The number of carbonyl (C=O) groups excluding carboxylic acids is 2. The number of ether oxygens (including phenoxy) is 1. The van der Waals surface area contributed by atoms with Gasteiger partial charge in [-0.25, -0.2) is 4.39 Å². The van der Waals surface area contributed by atoms with Crippen molar-refractivity contribution >= 4 is 11.9 Å². The van der Waals surface area contributed by atoms with Crippen LogP contribution in [-0.4, -0.2) is 70.2 Å². The Labute approximate surface area is 278 Å². The number of likely N-dealkylation sites (tertiary alicyclic amines) is 1. The summed E-state index contributed by atoms with van der Waals surface area (Å²) in [6.45, 7) is 1.71. The molecule has 1 N–H and O–H groups in total. The average molecular weight is 649 g/mol. The van der Waals surface area contributed by atoms with Crippen LogP contribution in [-0.2, 0) is 27.5 Å². The number of hydrogen-bond donors (Lipinski definition) is 1. The predicted molar refractivity (Wildman–Crippen MR) is 178 cm³/mol. The highest BCUT2D eigenvalue weighted by molar-refractivity contribution is 6.02. The highest BCUT2D eigenvalue weighted by Crippen LogP contribution is 2.36. The number of halogens is 1. The smallest absolute Gasteiger partial charge is 0.322 e. The molecule has 246 valence electrons. The predicted octanol–water partition coefficient (Wildman–Crippen LogP) is 5.99. The molecule has 1 fully saturated rings. The van der Waals surface area contributed by atoms with Gasteiger partial charge in [0.15, 0.2) is 0 Å². The third kappa shape index (κ3) is 7.20. The zero-order valence-corrected chi connectivity index (χ0v) is 26.7. The second kappa shape index (κ2) is 14.7. The molecule has 0 bridgehead atoms. The van der Waals surface area contributed by atoms with Gasteiger partial charge in [-0.05, 0) is 41.7 Å². The Bertz CT molecular complexity index is 1840. The first-order valence-electron chi connectivity index (χ1n) is 15.9. The van der Waals surface area contributed by atoms with E-state index in [-0.39, 0.29) is 37.4 Å². The molecule has 6 rings (SSSR count). The Morgan fingerprint density at radius 2 is 1.56 bits per heavy atom. The minimum Gasteiger partial charge on any atom is -0.460 e. The molecule has 2 heterocycles. The van der Waals surface area contributed by atoms with E-state index in [0.717, 1.165) is 22.3 Å². The SMILES string of the molecule is CN(CCO)C(=O)C1(C(=O)OCc2ccccc2)CCN(Cc2ccc(-c3noc(-c4ccc(-c5ccccc5)c(F)c4)n3)cc2)CC1. The maximum Gasteiger partial charge on any atom is 0.322 e. The quantitative estimate of drug-likeness (QED) is 0.138. The number of aliphatic hydroxyl groups is 1. The molecule has 10 heteroatoms. The molecule has 48 heavy (non-hydrogen) atoms. The highest BCUT2D eigenvalue weighted by atomic mass is 19.1. The number of aromatic nitrogens is 2. The van der Waals surface area contributed by atoms with Crippen LogP contribution in [0.2, 0.25) is 0 Å². The number of amides is 1. The first kappa shape index (κ1) is 32.7. The molecule has 1 saturated heterocycles. The summed E-state index contributed by atoms with van der Waals surface area (Å²) in [6, 6.07) is 31.4. The second-order valence-corrected chi connectivity index (χ2v) is 12.1. The molecule has 1 amide bonds. The van der Waals surface area contributed by atoms with Gasteiger partial charge in [-0.2, -0.15) is 4.98 Å². The Kier molecular flexibility index (Phi) is 10.0. The number of aliphatic hydroxyl groups excluding tert-OH is 1. The third-order valence-corrected chi connectivity index (χ3v) is 8.85. The normalized spacial score (nSPS) is 14.4. The molecule has 1 aliphatic heterocycles. The Morgan fingerprint density at radius 1 is 0.896 bits per heavy atom. The molecule has 0 spiro atoms. The zero-order valence-electron chi connectivity index (χ0n) is 26.7. The van der Waals surface area contributed by atoms with Crippen LogP contribution < -0.4 is 0 Å². The van der Waals surface area contributed by atoms with Gasteiger partial charge in [-0.1, -0.05) is 96.2 Å². The molecule has 4 aromatic carbocycles. The fraction of sp³-hybridized carbons (Fsp3) is 0.263. The van der Waals surface area contributed by atoms with E-state index in [1.165, 1.54) is 11.0 Å². The minimum absolute atomic E-state index is 0.0910. The highest BCUT2D eigenvalue weighted by Gasteiger charge is 2.50. The lowest BCUT2D eigenvalue weighted by atomic mass is 9.76. The van der Waals surface area contributed by atoms with Crippen molar-refractivity contribution in [2.75, 3.05) is 33.3 Å². The molecule has 5 aromatic rings. The lowest BCUT2D eigenvalue weighted by molar-refractivity contribution is -0.170. The fourth-order valence-electron chi connectivity index (χ4n) is 6.05. The number of piperidine rings is 1. The monoisotopic (exact) mass is 648 g/mol. The van der Waals surface area contributed by atoms with E-state index >= 15 is 0 Å². The van der Waals surface area contributed by atoms with Gasteiger partial charge in [0.2, 0.25) is 11.7 Å². The lowest BCUT2D eigenvalue weighted by Gasteiger charge is -2.40. The molecule has 0 radical (unpaired) electrons. The van der Waals surface area contributed by atoms with Crippen molar-refractivity contribution in [1.29, 1.82) is 0 Å².